The summed E-state index contributed by atoms with van der Waals surface area (Å²) in [5, 5.41) is 3.54. The first-order valence-corrected chi connectivity index (χ1v) is 10.8. The highest BCUT2D eigenvalue weighted by Gasteiger charge is 2.31. The van der Waals surface area contributed by atoms with E-state index in [2.05, 4.69) is 5.32 Å². The van der Waals surface area contributed by atoms with E-state index < -0.39 is 10.0 Å². The first-order valence-electron chi connectivity index (χ1n) is 9.00. The van der Waals surface area contributed by atoms with Crippen molar-refractivity contribution >= 4 is 27.5 Å². The molecule has 0 saturated carbocycles. The van der Waals surface area contributed by atoms with Crippen molar-refractivity contribution in [2.75, 3.05) is 19.6 Å². The molecular weight excluding hydrogens is 386 g/mol. The van der Waals surface area contributed by atoms with Gasteiger partial charge in [0.25, 0.3) is 5.91 Å². The van der Waals surface area contributed by atoms with Gasteiger partial charge in [-0.25, -0.2) is 8.42 Å². The van der Waals surface area contributed by atoms with Gasteiger partial charge < -0.3 is 9.88 Å². The highest BCUT2D eigenvalue weighted by molar-refractivity contribution is 7.89. The van der Waals surface area contributed by atoms with Crippen molar-refractivity contribution in [3.8, 4) is 0 Å². The molecule has 0 atom stereocenters. The Kier molecular flexibility index (Phi) is 5.93. The summed E-state index contributed by atoms with van der Waals surface area (Å²) >= 11 is 5.87. The third-order valence-electron chi connectivity index (χ3n) is 5.02. The fourth-order valence-electron chi connectivity index (χ4n) is 3.28. The third-order valence-corrected chi connectivity index (χ3v) is 7.28. The van der Waals surface area contributed by atoms with Crippen molar-refractivity contribution in [1.29, 1.82) is 0 Å². The number of benzene rings is 1. The second-order valence-corrected chi connectivity index (χ2v) is 9.12. The molecule has 146 valence electrons. The summed E-state index contributed by atoms with van der Waals surface area (Å²) in [7, 11) is -1.84. The van der Waals surface area contributed by atoms with Crippen LogP contribution in [-0.4, -0.2) is 42.8 Å². The van der Waals surface area contributed by atoms with Crippen molar-refractivity contribution in [1.82, 2.24) is 14.2 Å². The number of hydrogen-bond donors (Lipinski definition) is 1. The smallest absolute Gasteiger partial charge is 0.267 e. The van der Waals surface area contributed by atoms with Gasteiger partial charge in [0.15, 0.2) is 0 Å². The van der Waals surface area contributed by atoms with Crippen molar-refractivity contribution in [2.45, 2.75) is 31.1 Å². The molecule has 2 heterocycles. The van der Waals surface area contributed by atoms with Gasteiger partial charge in [0.05, 0.1) is 0 Å². The molecule has 1 fully saturated rings. The summed E-state index contributed by atoms with van der Waals surface area (Å²) in [5.41, 5.74) is 1.99. The summed E-state index contributed by atoms with van der Waals surface area (Å²) in [6.45, 7) is 3.27. The average molecular weight is 410 g/mol. The van der Waals surface area contributed by atoms with Crippen LogP contribution in [-0.2, 0) is 23.5 Å². The number of halogens is 1. The minimum atomic E-state index is -3.55. The topological polar surface area (TPSA) is 71.4 Å². The summed E-state index contributed by atoms with van der Waals surface area (Å²) in [5.74, 6) is -0.280. The maximum atomic E-state index is 12.8. The van der Waals surface area contributed by atoms with Gasteiger partial charge in [0.1, 0.15) is 10.6 Å². The molecule has 8 heteroatoms. The predicted molar refractivity (Wildman–Crippen MR) is 106 cm³/mol. The van der Waals surface area contributed by atoms with E-state index in [0.717, 1.165) is 18.4 Å². The molecule has 6 nitrogen and oxygen atoms in total. The monoisotopic (exact) mass is 409 g/mol. The molecule has 1 amide bonds. The van der Waals surface area contributed by atoms with E-state index in [4.69, 9.17) is 11.6 Å². The largest absolute Gasteiger partial charge is 0.350 e. The lowest BCUT2D eigenvalue weighted by Crippen LogP contribution is -2.28. The normalized spacial score (nSPS) is 15.2. The van der Waals surface area contributed by atoms with Crippen molar-refractivity contribution in [3.63, 3.8) is 0 Å². The maximum Gasteiger partial charge on any atom is 0.267 e. The number of amides is 1. The Bertz CT molecular complexity index is 930. The van der Waals surface area contributed by atoms with Crippen molar-refractivity contribution < 1.29 is 13.2 Å². The molecule has 1 aliphatic rings. The van der Waals surface area contributed by atoms with Gasteiger partial charge in [-0.2, -0.15) is 4.31 Å². The zero-order chi connectivity index (χ0) is 19.6. The van der Waals surface area contributed by atoms with Crippen LogP contribution in [0.25, 0.3) is 0 Å². The molecule has 1 aliphatic heterocycles. The minimum absolute atomic E-state index is 0.217. The second-order valence-electron chi connectivity index (χ2n) is 6.78. The number of rotatable bonds is 6. The van der Waals surface area contributed by atoms with Gasteiger partial charge in [-0.3, -0.25) is 4.79 Å². The minimum Gasteiger partial charge on any atom is -0.350 e. The van der Waals surface area contributed by atoms with Gasteiger partial charge in [0.2, 0.25) is 10.0 Å². The van der Waals surface area contributed by atoms with Crippen LogP contribution in [0.2, 0.25) is 5.02 Å². The Morgan fingerprint density at radius 2 is 1.81 bits per heavy atom. The van der Waals surface area contributed by atoms with Crippen LogP contribution in [0.15, 0.2) is 35.2 Å². The number of nitrogens with zero attached hydrogens (tertiary/aromatic N) is 2. The molecule has 0 bridgehead atoms. The predicted octanol–water partition coefficient (Wildman–Crippen LogP) is 2.74. The van der Waals surface area contributed by atoms with Gasteiger partial charge >= 0.3 is 0 Å². The number of aromatic nitrogens is 1. The molecule has 0 spiro atoms. The third kappa shape index (κ3) is 4.20. The lowest BCUT2D eigenvalue weighted by atomic mass is 10.1. The van der Waals surface area contributed by atoms with Crippen LogP contribution in [0.5, 0.6) is 0 Å². The molecule has 0 radical (unpaired) electrons. The fraction of sp³-hybridized carbons (Fsp3) is 0.421. The number of nitrogens with one attached hydrogen (secondary N) is 1. The Morgan fingerprint density at radius 3 is 2.44 bits per heavy atom. The molecular formula is C19H24ClN3O3S. The summed E-state index contributed by atoms with van der Waals surface area (Å²) in [6, 6.07) is 8.95. The number of sulfonamides is 1. The SMILES string of the molecule is Cc1c(S(=O)(=O)N2CCCC2)cc(C(=O)NCCc2ccc(Cl)cc2)n1C. The zero-order valence-corrected chi connectivity index (χ0v) is 17.1. The molecule has 0 aliphatic carbocycles. The average Bonchev–Trinajstić information content (AvgIpc) is 3.27. The molecule has 1 saturated heterocycles. The van der Waals surface area contributed by atoms with E-state index in [9.17, 15) is 13.2 Å². The number of carbonyl (C=O) groups excluding carboxylic acids is 1. The summed E-state index contributed by atoms with van der Waals surface area (Å²) in [4.78, 5) is 12.8. The lowest BCUT2D eigenvalue weighted by Gasteiger charge is -2.15. The quantitative estimate of drug-likeness (QED) is 0.797. The van der Waals surface area contributed by atoms with E-state index in [1.807, 2.05) is 24.3 Å². The van der Waals surface area contributed by atoms with Crippen LogP contribution >= 0.6 is 11.6 Å². The molecule has 2 aromatic rings. The van der Waals surface area contributed by atoms with Gasteiger partial charge in [-0.15, -0.1) is 0 Å². The van der Waals surface area contributed by atoms with Crippen molar-refractivity contribution in [2.24, 2.45) is 7.05 Å². The highest BCUT2D eigenvalue weighted by atomic mass is 35.5. The Labute approximate surface area is 165 Å². The van der Waals surface area contributed by atoms with E-state index in [-0.39, 0.29) is 10.8 Å². The van der Waals surface area contributed by atoms with Crippen molar-refractivity contribution in [3.05, 3.63) is 52.3 Å². The van der Waals surface area contributed by atoms with Gasteiger partial charge in [0, 0.05) is 37.4 Å². The van der Waals surface area contributed by atoms with E-state index in [1.54, 1.807) is 18.5 Å². The Balaban J connectivity index is 1.71. The van der Waals surface area contributed by atoms with E-state index in [1.165, 1.54) is 10.4 Å². The second kappa shape index (κ2) is 8.04. The highest BCUT2D eigenvalue weighted by Crippen LogP contribution is 2.26. The standard InChI is InChI=1S/C19H24ClN3O3S/c1-14-18(27(25,26)23-11-3-4-12-23)13-17(22(14)2)19(24)21-10-9-15-5-7-16(20)8-6-15/h5-8,13H,3-4,9-12H2,1-2H3,(H,21,24). The Hall–Kier alpha value is -1.83. The lowest BCUT2D eigenvalue weighted by molar-refractivity contribution is 0.0946. The van der Waals surface area contributed by atoms with E-state index in [0.29, 0.717) is 42.5 Å². The first kappa shape index (κ1) is 19.9. The van der Waals surface area contributed by atoms with Crippen LogP contribution in [0.1, 0.15) is 34.6 Å². The molecule has 3 rings (SSSR count). The molecule has 0 unspecified atom stereocenters. The van der Waals surface area contributed by atoms with E-state index >= 15 is 0 Å². The van der Waals surface area contributed by atoms with Crippen LogP contribution in [0.3, 0.4) is 0 Å². The van der Waals surface area contributed by atoms with Crippen LogP contribution < -0.4 is 5.32 Å². The fourth-order valence-corrected chi connectivity index (χ4v) is 5.19. The van der Waals surface area contributed by atoms with Crippen LogP contribution in [0, 0.1) is 6.92 Å². The summed E-state index contributed by atoms with van der Waals surface area (Å²) in [6.07, 6.45) is 2.43. The van der Waals surface area contributed by atoms with Gasteiger partial charge in [-0.1, -0.05) is 23.7 Å². The number of carbonyl (C=O) groups is 1. The Morgan fingerprint density at radius 1 is 1.19 bits per heavy atom. The summed E-state index contributed by atoms with van der Waals surface area (Å²) < 4.78 is 28.8. The molecule has 27 heavy (non-hydrogen) atoms. The number of hydrogen-bond acceptors (Lipinski definition) is 3. The zero-order valence-electron chi connectivity index (χ0n) is 15.5. The van der Waals surface area contributed by atoms with Gasteiger partial charge in [-0.05, 0) is 49.9 Å². The molecule has 1 aromatic heterocycles. The maximum absolute atomic E-state index is 12.8. The first-order chi connectivity index (χ1) is 12.8. The molecule has 1 aromatic carbocycles. The van der Waals surface area contributed by atoms with Crippen LogP contribution in [0.4, 0.5) is 0 Å². The molecule has 1 N–H and O–H groups in total.